The van der Waals surface area contributed by atoms with Crippen LogP contribution in [-0.4, -0.2) is 20.3 Å². The first kappa shape index (κ1) is 11.9. The summed E-state index contributed by atoms with van der Waals surface area (Å²) in [4.78, 5) is 21.1. The number of hydrogen-bond donors (Lipinski definition) is 1. The maximum atomic E-state index is 12.0. The topological polar surface area (TPSA) is 59.3 Å². The first-order chi connectivity index (χ1) is 9.24. The first-order valence-electron chi connectivity index (χ1n) is 5.84. The Hall–Kier alpha value is -2.21. The van der Waals surface area contributed by atoms with Crippen LogP contribution in [0, 0.1) is 6.92 Å². The van der Waals surface area contributed by atoms with Crippen molar-refractivity contribution in [3.05, 3.63) is 53.1 Å². The van der Waals surface area contributed by atoms with Gasteiger partial charge in [-0.1, -0.05) is 0 Å². The minimum absolute atomic E-state index is 0.160. The third-order valence-corrected chi connectivity index (χ3v) is 3.78. The van der Waals surface area contributed by atoms with Crippen molar-refractivity contribution in [3.8, 4) is 0 Å². The van der Waals surface area contributed by atoms with Gasteiger partial charge >= 0.3 is 0 Å². The third-order valence-electron chi connectivity index (χ3n) is 2.82. The molecule has 1 amide bonds. The molecule has 0 aromatic carbocycles. The Labute approximate surface area is 113 Å². The van der Waals surface area contributed by atoms with Crippen molar-refractivity contribution in [2.45, 2.75) is 13.5 Å². The van der Waals surface area contributed by atoms with Gasteiger partial charge in [0.05, 0.1) is 0 Å². The second kappa shape index (κ2) is 4.81. The highest BCUT2D eigenvalue weighted by Crippen LogP contribution is 2.15. The number of hydrogen-bond acceptors (Lipinski definition) is 4. The molecule has 0 fully saturated rings. The average molecular weight is 272 g/mol. The van der Waals surface area contributed by atoms with E-state index >= 15 is 0 Å². The molecule has 3 rings (SSSR count). The smallest absolute Gasteiger partial charge is 0.271 e. The number of carbonyl (C=O) groups is 1. The van der Waals surface area contributed by atoms with Gasteiger partial charge in [0.1, 0.15) is 5.69 Å². The van der Waals surface area contributed by atoms with Crippen LogP contribution in [0.2, 0.25) is 0 Å². The predicted molar refractivity (Wildman–Crippen MR) is 73.2 cm³/mol. The molecule has 6 heteroatoms. The van der Waals surface area contributed by atoms with Crippen molar-refractivity contribution in [2.24, 2.45) is 0 Å². The van der Waals surface area contributed by atoms with Crippen molar-refractivity contribution in [3.63, 3.8) is 0 Å². The fourth-order valence-corrected chi connectivity index (χ4v) is 2.63. The Morgan fingerprint density at radius 2 is 2.21 bits per heavy atom. The number of amides is 1. The molecule has 1 N–H and O–H groups in total. The van der Waals surface area contributed by atoms with Gasteiger partial charge in [0, 0.05) is 36.2 Å². The van der Waals surface area contributed by atoms with Crippen molar-refractivity contribution >= 4 is 22.2 Å². The quantitative estimate of drug-likeness (QED) is 0.793. The Kier molecular flexibility index (Phi) is 3.00. The van der Waals surface area contributed by atoms with Gasteiger partial charge in [-0.05, 0) is 24.6 Å². The van der Waals surface area contributed by atoms with E-state index in [0.717, 1.165) is 16.2 Å². The van der Waals surface area contributed by atoms with Gasteiger partial charge in [0.15, 0.2) is 4.96 Å². The summed E-state index contributed by atoms with van der Waals surface area (Å²) in [7, 11) is 0. The number of aromatic nitrogens is 3. The fraction of sp³-hybridized carbons (Fsp3) is 0.154. The molecule has 0 saturated heterocycles. The summed E-state index contributed by atoms with van der Waals surface area (Å²) in [6.45, 7) is 2.47. The number of thiazole rings is 1. The van der Waals surface area contributed by atoms with E-state index in [1.807, 2.05) is 28.8 Å². The van der Waals surface area contributed by atoms with Gasteiger partial charge in [-0.25, -0.2) is 4.98 Å². The zero-order chi connectivity index (χ0) is 13.2. The molecule has 0 radical (unpaired) electrons. The van der Waals surface area contributed by atoms with Crippen molar-refractivity contribution < 1.29 is 4.79 Å². The van der Waals surface area contributed by atoms with Crippen LogP contribution in [-0.2, 0) is 6.54 Å². The van der Waals surface area contributed by atoms with Gasteiger partial charge in [-0.3, -0.25) is 14.2 Å². The molecule has 0 aliphatic carbocycles. The van der Waals surface area contributed by atoms with Crippen LogP contribution in [0.1, 0.15) is 21.7 Å². The molecule has 19 heavy (non-hydrogen) atoms. The average Bonchev–Trinajstić information content (AvgIpc) is 3.00. The number of nitrogens with zero attached hydrogens (tertiary/aromatic N) is 3. The van der Waals surface area contributed by atoms with E-state index in [1.165, 1.54) is 11.3 Å². The molecule has 0 bridgehead atoms. The molecule has 0 atom stereocenters. The molecular formula is C13H12N4OS. The molecule has 3 heterocycles. The van der Waals surface area contributed by atoms with Gasteiger partial charge in [-0.2, -0.15) is 0 Å². The zero-order valence-corrected chi connectivity index (χ0v) is 11.1. The number of nitrogens with one attached hydrogen (secondary N) is 1. The monoisotopic (exact) mass is 272 g/mol. The lowest BCUT2D eigenvalue weighted by atomic mass is 10.2. The van der Waals surface area contributed by atoms with Crippen molar-refractivity contribution in [2.75, 3.05) is 0 Å². The van der Waals surface area contributed by atoms with Crippen LogP contribution < -0.4 is 5.32 Å². The van der Waals surface area contributed by atoms with Gasteiger partial charge < -0.3 is 5.32 Å². The minimum atomic E-state index is -0.160. The Bertz CT molecular complexity index is 717. The molecule has 0 unspecified atom stereocenters. The summed E-state index contributed by atoms with van der Waals surface area (Å²) in [5.41, 5.74) is 2.55. The minimum Gasteiger partial charge on any atom is -0.347 e. The molecule has 3 aromatic rings. The highest BCUT2D eigenvalue weighted by molar-refractivity contribution is 7.15. The van der Waals surface area contributed by atoms with Crippen LogP contribution in [0.4, 0.5) is 0 Å². The molecule has 0 aliphatic heterocycles. The normalized spacial score (nSPS) is 10.8. The van der Waals surface area contributed by atoms with E-state index in [-0.39, 0.29) is 5.91 Å². The molecule has 5 nitrogen and oxygen atoms in total. The highest BCUT2D eigenvalue weighted by Gasteiger charge is 2.12. The molecular weight excluding hydrogens is 260 g/mol. The maximum absolute atomic E-state index is 12.0. The largest absolute Gasteiger partial charge is 0.347 e. The number of pyridine rings is 1. The van der Waals surface area contributed by atoms with E-state index in [1.54, 1.807) is 18.6 Å². The molecule has 3 aromatic heterocycles. The number of aryl methyl sites for hydroxylation is 1. The molecule has 0 spiro atoms. The Morgan fingerprint density at radius 1 is 1.42 bits per heavy atom. The van der Waals surface area contributed by atoms with E-state index in [2.05, 4.69) is 15.3 Å². The second-order valence-electron chi connectivity index (χ2n) is 4.19. The highest BCUT2D eigenvalue weighted by atomic mass is 32.1. The Morgan fingerprint density at radius 3 is 2.95 bits per heavy atom. The van der Waals surface area contributed by atoms with E-state index < -0.39 is 0 Å². The van der Waals surface area contributed by atoms with Gasteiger partial charge in [0.25, 0.3) is 5.91 Å². The van der Waals surface area contributed by atoms with E-state index in [9.17, 15) is 4.79 Å². The van der Waals surface area contributed by atoms with Crippen molar-refractivity contribution in [1.29, 1.82) is 0 Å². The van der Waals surface area contributed by atoms with Crippen LogP contribution in [0.25, 0.3) is 4.96 Å². The first-order valence-corrected chi connectivity index (χ1v) is 6.72. The van der Waals surface area contributed by atoms with Gasteiger partial charge in [-0.15, -0.1) is 11.3 Å². The summed E-state index contributed by atoms with van der Waals surface area (Å²) in [6, 6.07) is 3.74. The fourth-order valence-electron chi connectivity index (χ4n) is 1.78. The molecule has 0 aliphatic rings. The lowest BCUT2D eigenvalue weighted by Gasteiger charge is -2.02. The number of carbonyl (C=O) groups excluding carboxylic acids is 1. The predicted octanol–water partition coefficient (Wildman–Crippen LogP) is 2.03. The molecule has 96 valence electrons. The van der Waals surface area contributed by atoms with Crippen molar-refractivity contribution in [1.82, 2.24) is 19.7 Å². The van der Waals surface area contributed by atoms with Crippen LogP contribution in [0.5, 0.6) is 0 Å². The summed E-state index contributed by atoms with van der Waals surface area (Å²) in [6.07, 6.45) is 5.18. The third kappa shape index (κ3) is 2.34. The molecule has 0 saturated carbocycles. The number of fused-ring (bicyclic) bond motifs is 1. The Balaban J connectivity index is 1.73. The van der Waals surface area contributed by atoms with E-state index in [0.29, 0.717) is 12.2 Å². The number of imidazole rings is 1. The van der Waals surface area contributed by atoms with Crippen LogP contribution in [0.15, 0.2) is 36.1 Å². The standard InChI is InChI=1S/C13H12N4OS/c1-9-8-19-13-16-11(7-17(9)13)12(18)15-6-10-2-4-14-5-3-10/h2-5,7-8H,6H2,1H3,(H,15,18). The van der Waals surface area contributed by atoms with Crippen LogP contribution in [0.3, 0.4) is 0 Å². The van der Waals surface area contributed by atoms with E-state index in [4.69, 9.17) is 0 Å². The summed E-state index contributed by atoms with van der Waals surface area (Å²) in [5, 5.41) is 4.86. The van der Waals surface area contributed by atoms with Crippen LogP contribution >= 0.6 is 11.3 Å². The maximum Gasteiger partial charge on any atom is 0.271 e. The lowest BCUT2D eigenvalue weighted by molar-refractivity contribution is 0.0946. The summed E-state index contributed by atoms with van der Waals surface area (Å²) < 4.78 is 1.92. The van der Waals surface area contributed by atoms with Gasteiger partial charge in [0.2, 0.25) is 0 Å². The SMILES string of the molecule is Cc1csc2nc(C(=O)NCc3ccncc3)cn12. The zero-order valence-electron chi connectivity index (χ0n) is 10.3. The summed E-state index contributed by atoms with van der Waals surface area (Å²) in [5.74, 6) is -0.160. The second-order valence-corrected chi connectivity index (χ2v) is 5.03. The number of rotatable bonds is 3. The summed E-state index contributed by atoms with van der Waals surface area (Å²) >= 11 is 1.53. The lowest BCUT2D eigenvalue weighted by Crippen LogP contribution is -2.23.